The molecule has 2 aromatic carbocycles. The Morgan fingerprint density at radius 2 is 1.85 bits per heavy atom. The summed E-state index contributed by atoms with van der Waals surface area (Å²) < 4.78 is 4.95. The molecule has 0 fully saturated rings. The van der Waals surface area contributed by atoms with E-state index in [2.05, 4.69) is 5.32 Å². The zero-order valence-corrected chi connectivity index (χ0v) is 14.8. The van der Waals surface area contributed by atoms with E-state index in [1.54, 1.807) is 24.3 Å². The van der Waals surface area contributed by atoms with Crippen LogP contribution < -0.4 is 10.2 Å². The van der Waals surface area contributed by atoms with E-state index < -0.39 is 23.4 Å². The molecular formula is C17H16ClN3O5. The molecule has 0 aliphatic heterocycles. The minimum absolute atomic E-state index is 0.0122. The van der Waals surface area contributed by atoms with Crippen molar-refractivity contribution in [2.24, 2.45) is 0 Å². The summed E-state index contributed by atoms with van der Waals surface area (Å²) in [5.74, 6) is -1.25. The van der Waals surface area contributed by atoms with Crippen LogP contribution in [0.2, 0.25) is 5.02 Å². The standard InChI is InChI=1S/C17H16ClN3O5/c1-20(2)12-5-3-11(4-6-12)17(23)26-10-16(22)19-15-8-7-13(21(24)25)9-14(15)18/h3-9H,10H2,1-2H3,(H,19,22). The number of non-ortho nitro benzene ring substituents is 1. The fourth-order valence-electron chi connectivity index (χ4n) is 2.02. The lowest BCUT2D eigenvalue weighted by Gasteiger charge is -2.12. The molecule has 0 aliphatic rings. The number of amides is 1. The summed E-state index contributed by atoms with van der Waals surface area (Å²) in [5.41, 5.74) is 1.23. The molecule has 0 unspecified atom stereocenters. The molecule has 136 valence electrons. The summed E-state index contributed by atoms with van der Waals surface area (Å²) >= 11 is 5.89. The normalized spacial score (nSPS) is 10.1. The van der Waals surface area contributed by atoms with Crippen LogP contribution in [0.15, 0.2) is 42.5 Å². The minimum atomic E-state index is -0.639. The molecular weight excluding hydrogens is 362 g/mol. The van der Waals surface area contributed by atoms with Crippen molar-refractivity contribution in [3.8, 4) is 0 Å². The Bertz CT molecular complexity index is 837. The molecule has 9 heteroatoms. The lowest BCUT2D eigenvalue weighted by Crippen LogP contribution is -2.21. The molecule has 0 radical (unpaired) electrons. The van der Waals surface area contributed by atoms with E-state index in [9.17, 15) is 19.7 Å². The maximum atomic E-state index is 12.0. The number of nitro benzene ring substituents is 1. The Morgan fingerprint density at radius 3 is 2.38 bits per heavy atom. The van der Waals surface area contributed by atoms with Gasteiger partial charge in [-0.1, -0.05) is 11.6 Å². The number of carbonyl (C=O) groups is 2. The molecule has 0 spiro atoms. The van der Waals surface area contributed by atoms with Gasteiger partial charge in [-0.05, 0) is 30.3 Å². The highest BCUT2D eigenvalue weighted by Gasteiger charge is 2.14. The quantitative estimate of drug-likeness (QED) is 0.471. The van der Waals surface area contributed by atoms with Crippen molar-refractivity contribution in [2.45, 2.75) is 0 Å². The fourth-order valence-corrected chi connectivity index (χ4v) is 2.24. The molecule has 26 heavy (non-hydrogen) atoms. The van der Waals surface area contributed by atoms with Crippen molar-refractivity contribution in [3.05, 3.63) is 63.2 Å². The van der Waals surface area contributed by atoms with Crippen LogP contribution >= 0.6 is 11.6 Å². The van der Waals surface area contributed by atoms with Gasteiger partial charge in [0.1, 0.15) is 0 Å². The molecule has 0 saturated heterocycles. The summed E-state index contributed by atoms with van der Waals surface area (Å²) in [4.78, 5) is 35.8. The summed E-state index contributed by atoms with van der Waals surface area (Å²) in [7, 11) is 3.75. The molecule has 0 heterocycles. The molecule has 1 N–H and O–H groups in total. The summed E-state index contributed by atoms with van der Waals surface area (Å²) in [6.07, 6.45) is 0. The number of carbonyl (C=O) groups excluding carboxylic acids is 2. The summed E-state index contributed by atoms with van der Waals surface area (Å²) in [6.45, 7) is -0.512. The van der Waals surface area contributed by atoms with Crippen molar-refractivity contribution in [2.75, 3.05) is 30.9 Å². The number of anilines is 2. The first-order valence-electron chi connectivity index (χ1n) is 7.46. The van der Waals surface area contributed by atoms with Crippen LogP contribution in [0.5, 0.6) is 0 Å². The summed E-state index contributed by atoms with van der Waals surface area (Å²) in [6, 6.07) is 10.3. The number of esters is 1. The van der Waals surface area contributed by atoms with E-state index in [4.69, 9.17) is 16.3 Å². The third-order valence-electron chi connectivity index (χ3n) is 3.39. The van der Waals surface area contributed by atoms with Gasteiger partial charge in [0.05, 0.1) is 21.2 Å². The first-order valence-corrected chi connectivity index (χ1v) is 7.84. The lowest BCUT2D eigenvalue weighted by molar-refractivity contribution is -0.384. The number of rotatable bonds is 6. The maximum absolute atomic E-state index is 12.0. The Labute approximate surface area is 154 Å². The van der Waals surface area contributed by atoms with E-state index >= 15 is 0 Å². The number of ether oxygens (including phenoxy) is 1. The number of halogens is 1. The van der Waals surface area contributed by atoms with Gasteiger partial charge in [-0.2, -0.15) is 0 Å². The third-order valence-corrected chi connectivity index (χ3v) is 3.70. The predicted molar refractivity (Wildman–Crippen MR) is 97.8 cm³/mol. The van der Waals surface area contributed by atoms with Gasteiger partial charge in [0, 0.05) is 31.9 Å². The first kappa shape index (κ1) is 19.2. The van der Waals surface area contributed by atoms with Gasteiger partial charge < -0.3 is 15.0 Å². The summed E-state index contributed by atoms with van der Waals surface area (Å²) in [5, 5.41) is 13.1. The number of nitrogens with one attached hydrogen (secondary N) is 1. The van der Waals surface area contributed by atoms with Crippen LogP contribution in [-0.4, -0.2) is 37.5 Å². The van der Waals surface area contributed by atoms with Crippen LogP contribution in [-0.2, 0) is 9.53 Å². The van der Waals surface area contributed by atoms with Crippen LogP contribution in [0.4, 0.5) is 17.1 Å². The lowest BCUT2D eigenvalue weighted by atomic mass is 10.2. The maximum Gasteiger partial charge on any atom is 0.338 e. The van der Waals surface area contributed by atoms with Crippen molar-refractivity contribution >= 4 is 40.5 Å². The van der Waals surface area contributed by atoms with Gasteiger partial charge in [-0.15, -0.1) is 0 Å². The van der Waals surface area contributed by atoms with Crippen LogP contribution in [0.3, 0.4) is 0 Å². The SMILES string of the molecule is CN(C)c1ccc(C(=O)OCC(=O)Nc2ccc([N+](=O)[O-])cc2Cl)cc1. The molecule has 8 nitrogen and oxygen atoms in total. The van der Waals surface area contributed by atoms with E-state index in [0.717, 1.165) is 11.8 Å². The minimum Gasteiger partial charge on any atom is -0.452 e. The van der Waals surface area contributed by atoms with Crippen molar-refractivity contribution in [3.63, 3.8) is 0 Å². The number of hydrogen-bond donors (Lipinski definition) is 1. The molecule has 1 amide bonds. The van der Waals surface area contributed by atoms with Crippen molar-refractivity contribution in [1.82, 2.24) is 0 Å². The molecule has 0 saturated carbocycles. The van der Waals surface area contributed by atoms with Gasteiger partial charge in [0.15, 0.2) is 6.61 Å². The van der Waals surface area contributed by atoms with Gasteiger partial charge in [-0.3, -0.25) is 14.9 Å². The van der Waals surface area contributed by atoms with Gasteiger partial charge in [-0.25, -0.2) is 4.79 Å². The third kappa shape index (κ3) is 4.93. The van der Waals surface area contributed by atoms with Crippen LogP contribution in [0.25, 0.3) is 0 Å². The average molecular weight is 378 g/mol. The predicted octanol–water partition coefficient (Wildman–Crippen LogP) is 3.11. The highest BCUT2D eigenvalue weighted by atomic mass is 35.5. The number of nitro groups is 1. The molecule has 0 aliphatic carbocycles. The second-order valence-electron chi connectivity index (χ2n) is 5.49. The Kier molecular flexibility index (Phi) is 6.13. The highest BCUT2D eigenvalue weighted by molar-refractivity contribution is 6.34. The Morgan fingerprint density at radius 1 is 1.19 bits per heavy atom. The van der Waals surface area contributed by atoms with E-state index in [1.165, 1.54) is 12.1 Å². The molecule has 0 aromatic heterocycles. The molecule has 2 rings (SSSR count). The van der Waals surface area contributed by atoms with E-state index in [-0.39, 0.29) is 16.4 Å². The number of nitrogens with zero attached hydrogens (tertiary/aromatic N) is 2. The van der Waals surface area contributed by atoms with Crippen LogP contribution in [0.1, 0.15) is 10.4 Å². The average Bonchev–Trinajstić information content (AvgIpc) is 2.61. The Balaban J connectivity index is 1.92. The largest absolute Gasteiger partial charge is 0.452 e. The molecule has 2 aromatic rings. The highest BCUT2D eigenvalue weighted by Crippen LogP contribution is 2.26. The van der Waals surface area contributed by atoms with Gasteiger partial charge in [0.25, 0.3) is 11.6 Å². The zero-order valence-electron chi connectivity index (χ0n) is 14.1. The number of benzene rings is 2. The van der Waals surface area contributed by atoms with E-state index in [1.807, 2.05) is 19.0 Å². The smallest absolute Gasteiger partial charge is 0.338 e. The van der Waals surface area contributed by atoms with Crippen LogP contribution in [0, 0.1) is 10.1 Å². The zero-order chi connectivity index (χ0) is 19.3. The van der Waals surface area contributed by atoms with Crippen molar-refractivity contribution in [1.29, 1.82) is 0 Å². The van der Waals surface area contributed by atoms with E-state index in [0.29, 0.717) is 5.56 Å². The molecule has 0 atom stereocenters. The fraction of sp³-hybridized carbons (Fsp3) is 0.176. The second kappa shape index (κ2) is 8.30. The van der Waals surface area contributed by atoms with Crippen molar-refractivity contribution < 1.29 is 19.2 Å². The molecule has 0 bridgehead atoms. The van der Waals surface area contributed by atoms with Gasteiger partial charge in [0.2, 0.25) is 0 Å². The monoisotopic (exact) mass is 377 g/mol. The van der Waals surface area contributed by atoms with Gasteiger partial charge >= 0.3 is 5.97 Å². The number of hydrogen-bond acceptors (Lipinski definition) is 6. The first-order chi connectivity index (χ1) is 12.3. The topological polar surface area (TPSA) is 102 Å². The second-order valence-corrected chi connectivity index (χ2v) is 5.89. The Hall–Kier alpha value is -3.13.